The molecule has 0 aromatic heterocycles. The van der Waals surface area contributed by atoms with Crippen molar-refractivity contribution in [3.05, 3.63) is 29.8 Å². The molecule has 2 N–H and O–H groups in total. The van der Waals surface area contributed by atoms with Crippen molar-refractivity contribution in [1.29, 1.82) is 0 Å². The number of alkyl carbamates (subject to hydrolysis) is 1. The Balaban J connectivity index is 2.47. The normalized spacial score (nSPS) is 9.29. The summed E-state index contributed by atoms with van der Waals surface area (Å²) >= 11 is 5.38. The second-order valence-corrected chi connectivity index (χ2v) is 2.81. The minimum Gasteiger partial charge on any atom is -0.445 e. The number of nitrogens with one attached hydrogen (secondary N) is 2. The molecular weight excluding hydrogens is 204 g/mol. The van der Waals surface area contributed by atoms with E-state index in [1.54, 1.807) is 12.1 Å². The lowest BCUT2D eigenvalue weighted by Crippen LogP contribution is -2.18. The van der Waals surface area contributed by atoms with Crippen LogP contribution in [0, 0.1) is 0 Å². The summed E-state index contributed by atoms with van der Waals surface area (Å²) in [6.07, 6.45) is -0.440. The van der Waals surface area contributed by atoms with Crippen molar-refractivity contribution in [2.75, 3.05) is 11.9 Å². The first-order valence-electron chi connectivity index (χ1n) is 4.06. The highest BCUT2D eigenvalue weighted by atomic mass is 35.5. The van der Waals surface area contributed by atoms with Crippen molar-refractivity contribution in [1.82, 2.24) is 5.32 Å². The molecule has 0 aliphatic rings. The fraction of sp³-hybridized carbons (Fsp3) is 0.222. The minimum atomic E-state index is -0.440. The second kappa shape index (κ2) is 5.34. The molecule has 0 spiro atoms. The lowest BCUT2D eigenvalue weighted by Gasteiger charge is -2.04. The Kier molecular flexibility index (Phi) is 4.07. The topological polar surface area (TPSA) is 50.4 Å². The zero-order valence-corrected chi connectivity index (χ0v) is 8.47. The Bertz CT molecular complexity index is 300. The highest BCUT2D eigenvalue weighted by Gasteiger charge is 1.98. The molecule has 0 heterocycles. The Morgan fingerprint density at radius 3 is 2.57 bits per heavy atom. The van der Waals surface area contributed by atoms with Crippen LogP contribution in [0.4, 0.5) is 10.5 Å². The van der Waals surface area contributed by atoms with Gasteiger partial charge in [-0.1, -0.05) is 12.1 Å². The van der Waals surface area contributed by atoms with Crippen LogP contribution in [0.5, 0.6) is 0 Å². The Hall–Kier alpha value is -1.42. The Morgan fingerprint density at radius 2 is 2.07 bits per heavy atom. The number of carbonyl (C=O) groups is 1. The van der Waals surface area contributed by atoms with E-state index in [4.69, 9.17) is 16.5 Å². The molecule has 1 aromatic carbocycles. The number of halogens is 1. The third kappa shape index (κ3) is 3.14. The molecule has 1 aromatic rings. The van der Waals surface area contributed by atoms with Gasteiger partial charge in [-0.05, 0) is 17.7 Å². The van der Waals surface area contributed by atoms with E-state index in [1.165, 1.54) is 7.05 Å². The summed E-state index contributed by atoms with van der Waals surface area (Å²) in [5, 5.41) is 2.36. The number of hydrogen-bond donors (Lipinski definition) is 2. The SMILES string of the molecule is CNC(=O)OCc1ccc(NCl)cc1. The van der Waals surface area contributed by atoms with E-state index >= 15 is 0 Å². The van der Waals surface area contributed by atoms with Crippen molar-refractivity contribution in [3.8, 4) is 0 Å². The Labute approximate surface area is 87.3 Å². The lowest BCUT2D eigenvalue weighted by atomic mass is 10.2. The number of amides is 1. The number of hydrogen-bond acceptors (Lipinski definition) is 3. The first kappa shape index (κ1) is 10.7. The molecule has 0 atom stereocenters. The van der Waals surface area contributed by atoms with Gasteiger partial charge in [-0.3, -0.25) is 4.84 Å². The van der Waals surface area contributed by atoms with Crippen LogP contribution in [-0.2, 0) is 11.3 Å². The summed E-state index contributed by atoms with van der Waals surface area (Å²) < 4.78 is 4.85. The molecule has 0 bridgehead atoms. The van der Waals surface area contributed by atoms with Crippen molar-refractivity contribution in [2.45, 2.75) is 6.61 Å². The van der Waals surface area contributed by atoms with Crippen molar-refractivity contribution in [3.63, 3.8) is 0 Å². The summed E-state index contributed by atoms with van der Waals surface area (Å²) in [5.74, 6) is 0. The second-order valence-electron chi connectivity index (χ2n) is 2.62. The molecule has 1 rings (SSSR count). The quantitative estimate of drug-likeness (QED) is 0.758. The molecule has 0 aliphatic heterocycles. The zero-order chi connectivity index (χ0) is 10.4. The third-order valence-electron chi connectivity index (χ3n) is 1.64. The van der Waals surface area contributed by atoms with Gasteiger partial charge in [-0.25, -0.2) is 4.79 Å². The third-order valence-corrected chi connectivity index (χ3v) is 1.86. The molecule has 0 aliphatic carbocycles. The van der Waals surface area contributed by atoms with E-state index in [-0.39, 0.29) is 6.61 Å². The van der Waals surface area contributed by atoms with Crippen LogP contribution in [0.25, 0.3) is 0 Å². The summed E-state index contributed by atoms with van der Waals surface area (Å²) in [6.45, 7) is 0.252. The number of ether oxygens (including phenoxy) is 1. The van der Waals surface area contributed by atoms with Gasteiger partial charge < -0.3 is 10.1 Å². The first-order valence-corrected chi connectivity index (χ1v) is 4.44. The molecule has 0 unspecified atom stereocenters. The van der Waals surface area contributed by atoms with Gasteiger partial charge in [0.15, 0.2) is 0 Å². The van der Waals surface area contributed by atoms with Gasteiger partial charge in [-0.2, -0.15) is 0 Å². The smallest absolute Gasteiger partial charge is 0.407 e. The van der Waals surface area contributed by atoms with Crippen molar-refractivity contribution >= 4 is 23.6 Å². The average molecular weight is 215 g/mol. The monoisotopic (exact) mass is 214 g/mol. The minimum absolute atomic E-state index is 0.252. The van der Waals surface area contributed by atoms with Gasteiger partial charge in [0.2, 0.25) is 0 Å². The standard InChI is InChI=1S/C9H11ClN2O2/c1-11-9(13)14-6-7-2-4-8(12-10)5-3-7/h2-5,12H,6H2,1H3,(H,11,13). The zero-order valence-electron chi connectivity index (χ0n) is 7.71. The molecular formula is C9H11ClN2O2. The highest BCUT2D eigenvalue weighted by molar-refractivity contribution is 6.23. The molecule has 0 radical (unpaired) electrons. The van der Waals surface area contributed by atoms with E-state index < -0.39 is 6.09 Å². The molecule has 0 saturated carbocycles. The van der Waals surface area contributed by atoms with E-state index in [1.807, 2.05) is 12.1 Å². The fourth-order valence-electron chi connectivity index (χ4n) is 0.885. The molecule has 0 saturated heterocycles. The summed E-state index contributed by atoms with van der Waals surface area (Å²) in [4.78, 5) is 13.2. The predicted octanol–water partition coefficient (Wildman–Crippen LogP) is 2.11. The van der Waals surface area contributed by atoms with Gasteiger partial charge >= 0.3 is 6.09 Å². The van der Waals surface area contributed by atoms with Gasteiger partial charge in [0.25, 0.3) is 0 Å². The lowest BCUT2D eigenvalue weighted by molar-refractivity contribution is 0.142. The summed E-state index contributed by atoms with van der Waals surface area (Å²) in [7, 11) is 1.52. The molecule has 5 heteroatoms. The molecule has 4 nitrogen and oxygen atoms in total. The summed E-state index contributed by atoms with van der Waals surface area (Å²) in [5.41, 5.74) is 1.71. The largest absolute Gasteiger partial charge is 0.445 e. The van der Waals surface area contributed by atoms with Crippen LogP contribution in [0.15, 0.2) is 24.3 Å². The van der Waals surface area contributed by atoms with E-state index in [9.17, 15) is 4.79 Å². The number of anilines is 1. The van der Waals surface area contributed by atoms with E-state index in [0.29, 0.717) is 0 Å². The first-order chi connectivity index (χ1) is 6.76. The van der Waals surface area contributed by atoms with E-state index in [2.05, 4.69) is 10.2 Å². The fourth-order valence-corrected chi connectivity index (χ4v) is 1.01. The van der Waals surface area contributed by atoms with Crippen LogP contribution in [0.1, 0.15) is 5.56 Å². The molecule has 0 fully saturated rings. The molecule has 76 valence electrons. The van der Waals surface area contributed by atoms with Crippen LogP contribution in [0.3, 0.4) is 0 Å². The molecule has 1 amide bonds. The van der Waals surface area contributed by atoms with Crippen molar-refractivity contribution in [2.24, 2.45) is 0 Å². The van der Waals surface area contributed by atoms with Gasteiger partial charge in [0.1, 0.15) is 6.61 Å². The maximum absolute atomic E-state index is 10.7. The molecule has 14 heavy (non-hydrogen) atoms. The number of benzene rings is 1. The van der Waals surface area contributed by atoms with Crippen LogP contribution < -0.4 is 10.2 Å². The van der Waals surface area contributed by atoms with Crippen LogP contribution in [0.2, 0.25) is 0 Å². The maximum atomic E-state index is 10.7. The maximum Gasteiger partial charge on any atom is 0.407 e. The van der Waals surface area contributed by atoms with Gasteiger partial charge in [0.05, 0.1) is 0 Å². The Morgan fingerprint density at radius 1 is 1.43 bits per heavy atom. The van der Waals surface area contributed by atoms with Gasteiger partial charge in [0, 0.05) is 24.5 Å². The average Bonchev–Trinajstić information content (AvgIpc) is 2.26. The van der Waals surface area contributed by atoms with Crippen LogP contribution >= 0.6 is 11.8 Å². The predicted molar refractivity (Wildman–Crippen MR) is 55.2 cm³/mol. The van der Waals surface area contributed by atoms with E-state index in [0.717, 1.165) is 11.3 Å². The number of carbonyl (C=O) groups excluding carboxylic acids is 1. The van der Waals surface area contributed by atoms with Crippen LogP contribution in [-0.4, -0.2) is 13.1 Å². The summed E-state index contributed by atoms with van der Waals surface area (Å²) in [6, 6.07) is 7.26. The van der Waals surface area contributed by atoms with Crippen molar-refractivity contribution < 1.29 is 9.53 Å². The number of rotatable bonds is 3. The highest BCUT2D eigenvalue weighted by Crippen LogP contribution is 2.10. The van der Waals surface area contributed by atoms with Gasteiger partial charge in [-0.15, -0.1) is 0 Å².